The van der Waals surface area contributed by atoms with Crippen molar-refractivity contribution in [2.24, 2.45) is 0 Å². The summed E-state index contributed by atoms with van der Waals surface area (Å²) in [7, 11) is 0. The second-order valence-electron chi connectivity index (χ2n) is 5.43. The molecule has 5 heteroatoms. The van der Waals surface area contributed by atoms with Crippen molar-refractivity contribution in [1.29, 1.82) is 0 Å². The van der Waals surface area contributed by atoms with Gasteiger partial charge in [-0.25, -0.2) is 0 Å². The van der Waals surface area contributed by atoms with Gasteiger partial charge in [0.2, 0.25) is 5.91 Å². The first-order valence-corrected chi connectivity index (χ1v) is 8.60. The Morgan fingerprint density at radius 2 is 2.33 bits per heavy atom. The summed E-state index contributed by atoms with van der Waals surface area (Å²) in [6.07, 6.45) is 0.508. The predicted molar refractivity (Wildman–Crippen MR) is 88.0 cm³/mol. The Labute approximate surface area is 131 Å². The Hall–Kier alpha value is -1.20. The maximum atomic E-state index is 11.9. The molecule has 1 heterocycles. The molecule has 1 aromatic carbocycles. The molecule has 116 valence electrons. The molecule has 0 bridgehead atoms. The van der Waals surface area contributed by atoms with Gasteiger partial charge in [0.15, 0.2) is 0 Å². The van der Waals surface area contributed by atoms with Crippen LogP contribution in [0, 0.1) is 6.92 Å². The third-order valence-electron chi connectivity index (χ3n) is 3.44. The highest BCUT2D eigenvalue weighted by Gasteiger charge is 2.17. The summed E-state index contributed by atoms with van der Waals surface area (Å²) in [6, 6.07) is 8.23. The van der Waals surface area contributed by atoms with Gasteiger partial charge in [0, 0.05) is 30.5 Å². The Morgan fingerprint density at radius 3 is 3.05 bits per heavy atom. The van der Waals surface area contributed by atoms with Crippen LogP contribution in [0.25, 0.3) is 0 Å². The second-order valence-corrected chi connectivity index (χ2v) is 6.58. The molecule has 0 spiro atoms. The first kappa shape index (κ1) is 16.2. The van der Waals surface area contributed by atoms with Gasteiger partial charge in [0.1, 0.15) is 11.9 Å². The van der Waals surface area contributed by atoms with Gasteiger partial charge >= 0.3 is 0 Å². The van der Waals surface area contributed by atoms with Crippen LogP contribution in [-0.4, -0.2) is 42.6 Å². The molecule has 0 aromatic heterocycles. The van der Waals surface area contributed by atoms with Crippen LogP contribution >= 0.6 is 11.8 Å². The summed E-state index contributed by atoms with van der Waals surface area (Å²) in [5.74, 6) is 3.13. The van der Waals surface area contributed by atoms with Gasteiger partial charge in [-0.05, 0) is 25.5 Å². The second kappa shape index (κ2) is 8.29. The van der Waals surface area contributed by atoms with Crippen LogP contribution in [0.15, 0.2) is 24.3 Å². The van der Waals surface area contributed by atoms with E-state index >= 15 is 0 Å². The van der Waals surface area contributed by atoms with Gasteiger partial charge in [-0.1, -0.05) is 18.2 Å². The standard InChI is InChI=1S/C16H24N2O2S/c1-12-5-3-4-6-15(12)20-13(2)10-18-16(19)9-14-11-21-8-7-17-14/h3-6,13-14,17H,7-11H2,1-2H3,(H,18,19). The van der Waals surface area contributed by atoms with Crippen molar-refractivity contribution in [2.75, 3.05) is 24.6 Å². The Balaban J connectivity index is 1.69. The van der Waals surface area contributed by atoms with E-state index < -0.39 is 0 Å². The van der Waals surface area contributed by atoms with Crippen LogP contribution < -0.4 is 15.4 Å². The summed E-state index contributed by atoms with van der Waals surface area (Å²) in [5.41, 5.74) is 1.11. The summed E-state index contributed by atoms with van der Waals surface area (Å²) >= 11 is 1.91. The number of amides is 1. The molecule has 21 heavy (non-hydrogen) atoms. The molecule has 2 rings (SSSR count). The van der Waals surface area contributed by atoms with E-state index in [0.717, 1.165) is 29.4 Å². The van der Waals surface area contributed by atoms with E-state index in [9.17, 15) is 4.79 Å². The average molecular weight is 308 g/mol. The zero-order valence-electron chi connectivity index (χ0n) is 12.7. The van der Waals surface area contributed by atoms with E-state index in [1.165, 1.54) is 0 Å². The number of nitrogens with one attached hydrogen (secondary N) is 2. The van der Waals surface area contributed by atoms with Crippen molar-refractivity contribution in [2.45, 2.75) is 32.4 Å². The van der Waals surface area contributed by atoms with Crippen molar-refractivity contribution >= 4 is 17.7 Å². The average Bonchev–Trinajstić information content (AvgIpc) is 2.49. The van der Waals surface area contributed by atoms with Crippen molar-refractivity contribution < 1.29 is 9.53 Å². The molecule has 1 amide bonds. The number of aryl methyl sites for hydroxylation is 1. The summed E-state index contributed by atoms with van der Waals surface area (Å²) < 4.78 is 5.85. The Bertz CT molecular complexity index is 461. The third kappa shape index (κ3) is 5.59. The van der Waals surface area contributed by atoms with E-state index in [1.54, 1.807) is 0 Å². The molecule has 1 aromatic rings. The van der Waals surface area contributed by atoms with Gasteiger partial charge in [0.05, 0.1) is 6.54 Å². The molecule has 4 nitrogen and oxygen atoms in total. The van der Waals surface area contributed by atoms with Crippen LogP contribution in [-0.2, 0) is 4.79 Å². The molecule has 1 aliphatic heterocycles. The first-order chi connectivity index (χ1) is 10.1. The Kier molecular flexibility index (Phi) is 6.39. The number of carbonyl (C=O) groups excluding carboxylic acids is 1. The van der Waals surface area contributed by atoms with Gasteiger partial charge in [-0.3, -0.25) is 4.79 Å². The summed E-state index contributed by atoms with van der Waals surface area (Å²) in [4.78, 5) is 11.9. The predicted octanol–water partition coefficient (Wildman–Crippen LogP) is 1.97. The van der Waals surface area contributed by atoms with Gasteiger partial charge in [-0.15, -0.1) is 0 Å². The maximum Gasteiger partial charge on any atom is 0.221 e. The van der Waals surface area contributed by atoms with Gasteiger partial charge < -0.3 is 15.4 Å². The molecule has 2 unspecified atom stereocenters. The van der Waals surface area contributed by atoms with Gasteiger partial charge in [0.25, 0.3) is 0 Å². The smallest absolute Gasteiger partial charge is 0.221 e. The van der Waals surface area contributed by atoms with Gasteiger partial charge in [-0.2, -0.15) is 11.8 Å². The molecule has 0 radical (unpaired) electrons. The quantitative estimate of drug-likeness (QED) is 0.844. The summed E-state index contributed by atoms with van der Waals surface area (Å²) in [5, 5.41) is 6.33. The lowest BCUT2D eigenvalue weighted by Gasteiger charge is -2.23. The zero-order valence-corrected chi connectivity index (χ0v) is 13.5. The normalized spacial score (nSPS) is 19.8. The van der Waals surface area contributed by atoms with Crippen LogP contribution in [0.1, 0.15) is 18.9 Å². The number of hydrogen-bond donors (Lipinski definition) is 2. The monoisotopic (exact) mass is 308 g/mol. The molecule has 1 aliphatic rings. The number of thioether (sulfide) groups is 1. The SMILES string of the molecule is Cc1ccccc1OC(C)CNC(=O)CC1CSCCN1. The lowest BCUT2D eigenvalue weighted by atomic mass is 10.2. The number of ether oxygens (including phenoxy) is 1. The van der Waals surface area contributed by atoms with Crippen LogP contribution in [0.4, 0.5) is 0 Å². The van der Waals surface area contributed by atoms with E-state index in [0.29, 0.717) is 19.0 Å². The molecule has 2 atom stereocenters. The lowest BCUT2D eigenvalue weighted by molar-refractivity contribution is -0.121. The van der Waals surface area contributed by atoms with E-state index in [4.69, 9.17) is 4.74 Å². The lowest BCUT2D eigenvalue weighted by Crippen LogP contribution is -2.42. The highest BCUT2D eigenvalue weighted by Crippen LogP contribution is 2.17. The number of rotatable bonds is 6. The molecular weight excluding hydrogens is 284 g/mol. The van der Waals surface area contributed by atoms with Crippen molar-refractivity contribution in [3.05, 3.63) is 29.8 Å². The van der Waals surface area contributed by atoms with Crippen LogP contribution in [0.3, 0.4) is 0 Å². The van der Waals surface area contributed by atoms with E-state index in [1.807, 2.05) is 49.9 Å². The number of para-hydroxylation sites is 1. The molecular formula is C16H24N2O2S. The summed E-state index contributed by atoms with van der Waals surface area (Å²) in [6.45, 7) is 5.52. The zero-order chi connectivity index (χ0) is 15.1. The van der Waals surface area contributed by atoms with Crippen molar-refractivity contribution in [3.8, 4) is 5.75 Å². The van der Waals surface area contributed by atoms with Crippen molar-refractivity contribution in [1.82, 2.24) is 10.6 Å². The number of hydrogen-bond acceptors (Lipinski definition) is 4. The fourth-order valence-corrected chi connectivity index (χ4v) is 3.20. The van der Waals surface area contributed by atoms with Crippen LogP contribution in [0.5, 0.6) is 5.75 Å². The number of carbonyl (C=O) groups is 1. The fraction of sp³-hybridized carbons (Fsp3) is 0.562. The van der Waals surface area contributed by atoms with E-state index in [2.05, 4.69) is 10.6 Å². The fourth-order valence-electron chi connectivity index (χ4n) is 2.25. The van der Waals surface area contributed by atoms with E-state index in [-0.39, 0.29) is 12.0 Å². The first-order valence-electron chi connectivity index (χ1n) is 7.45. The Morgan fingerprint density at radius 1 is 1.52 bits per heavy atom. The highest BCUT2D eigenvalue weighted by molar-refractivity contribution is 7.99. The minimum atomic E-state index is -0.0382. The minimum Gasteiger partial charge on any atom is -0.489 e. The van der Waals surface area contributed by atoms with Crippen LogP contribution in [0.2, 0.25) is 0 Å². The molecule has 1 saturated heterocycles. The minimum absolute atomic E-state index is 0.0382. The molecule has 0 saturated carbocycles. The maximum absolute atomic E-state index is 11.9. The molecule has 1 fully saturated rings. The number of benzene rings is 1. The largest absolute Gasteiger partial charge is 0.489 e. The molecule has 2 N–H and O–H groups in total. The third-order valence-corrected chi connectivity index (χ3v) is 4.57. The molecule has 0 aliphatic carbocycles. The highest BCUT2D eigenvalue weighted by atomic mass is 32.2. The van der Waals surface area contributed by atoms with Crippen molar-refractivity contribution in [3.63, 3.8) is 0 Å². The topological polar surface area (TPSA) is 50.4 Å².